The molecule has 2 aromatic carbocycles. The lowest BCUT2D eigenvalue weighted by Gasteiger charge is -2.15. The van der Waals surface area contributed by atoms with Crippen LogP contribution in [0.5, 0.6) is 5.75 Å². The lowest BCUT2D eigenvalue weighted by Crippen LogP contribution is -2.27. The monoisotopic (exact) mass is 388 g/mol. The molecule has 1 N–H and O–H groups in total. The van der Waals surface area contributed by atoms with Gasteiger partial charge in [-0.1, -0.05) is 24.3 Å². The van der Waals surface area contributed by atoms with Crippen molar-refractivity contribution < 1.29 is 17.9 Å². The van der Waals surface area contributed by atoms with E-state index in [1.165, 1.54) is 4.31 Å². The summed E-state index contributed by atoms with van der Waals surface area (Å²) < 4.78 is 31.8. The fourth-order valence-electron chi connectivity index (χ4n) is 3.12. The van der Waals surface area contributed by atoms with Crippen LogP contribution < -0.4 is 10.1 Å². The molecular formula is C20H24N2O4S. The first-order valence-corrected chi connectivity index (χ1v) is 10.5. The van der Waals surface area contributed by atoms with Crippen LogP contribution in [0.2, 0.25) is 0 Å². The highest BCUT2D eigenvalue weighted by Gasteiger charge is 2.26. The number of hydrogen-bond acceptors (Lipinski definition) is 4. The Labute approximate surface area is 160 Å². The Hall–Kier alpha value is -2.38. The Morgan fingerprint density at radius 2 is 1.74 bits per heavy atom. The molecule has 1 amide bonds. The number of nitrogens with one attached hydrogen (secondary N) is 1. The maximum atomic E-state index is 12.5. The molecule has 7 heteroatoms. The lowest BCUT2D eigenvalue weighted by molar-refractivity contribution is -0.116. The van der Waals surface area contributed by atoms with Gasteiger partial charge in [-0.3, -0.25) is 4.79 Å². The molecule has 27 heavy (non-hydrogen) atoms. The third kappa shape index (κ3) is 4.67. The Morgan fingerprint density at radius 3 is 2.41 bits per heavy atom. The topological polar surface area (TPSA) is 75.7 Å². The smallest absolute Gasteiger partial charge is 0.243 e. The summed E-state index contributed by atoms with van der Waals surface area (Å²) in [6.07, 6.45) is 2.67. The van der Waals surface area contributed by atoms with Crippen molar-refractivity contribution in [2.45, 2.75) is 30.6 Å². The van der Waals surface area contributed by atoms with Gasteiger partial charge in [0.15, 0.2) is 0 Å². The number of carbonyl (C=O) groups excluding carboxylic acids is 1. The number of amides is 1. The molecule has 1 aliphatic rings. The first-order valence-electron chi connectivity index (χ1n) is 9.02. The molecule has 0 aliphatic carbocycles. The summed E-state index contributed by atoms with van der Waals surface area (Å²) in [5, 5.41) is 2.84. The highest BCUT2D eigenvalue weighted by atomic mass is 32.2. The fraction of sp³-hybridized carbons (Fsp3) is 0.350. The van der Waals surface area contributed by atoms with Crippen LogP contribution in [0.3, 0.4) is 0 Å². The summed E-state index contributed by atoms with van der Waals surface area (Å²) in [6, 6.07) is 14.1. The van der Waals surface area contributed by atoms with E-state index in [1.54, 1.807) is 43.5 Å². The van der Waals surface area contributed by atoms with Gasteiger partial charge in [-0.05, 0) is 49.1 Å². The first kappa shape index (κ1) is 19.4. The molecule has 0 bridgehead atoms. The minimum absolute atomic E-state index is 0.117. The zero-order chi connectivity index (χ0) is 19.3. The number of anilines is 1. The number of methoxy groups -OCH3 is 1. The summed E-state index contributed by atoms with van der Waals surface area (Å²) in [7, 11) is -1.84. The minimum Gasteiger partial charge on any atom is -0.495 e. The molecule has 1 fully saturated rings. The van der Waals surface area contributed by atoms with Crippen LogP contribution in [0.1, 0.15) is 24.8 Å². The van der Waals surface area contributed by atoms with Gasteiger partial charge in [-0.15, -0.1) is 0 Å². The van der Waals surface area contributed by atoms with Gasteiger partial charge in [0.1, 0.15) is 5.75 Å². The number of para-hydroxylation sites is 2. The van der Waals surface area contributed by atoms with Gasteiger partial charge in [0.2, 0.25) is 15.9 Å². The molecule has 2 aromatic rings. The van der Waals surface area contributed by atoms with E-state index in [4.69, 9.17) is 4.74 Å². The molecule has 144 valence electrons. The molecule has 0 atom stereocenters. The molecule has 1 saturated heterocycles. The van der Waals surface area contributed by atoms with Gasteiger partial charge in [-0.25, -0.2) is 8.42 Å². The third-order valence-electron chi connectivity index (χ3n) is 4.65. The van der Waals surface area contributed by atoms with E-state index in [1.807, 2.05) is 12.1 Å². The molecule has 1 aliphatic heterocycles. The van der Waals surface area contributed by atoms with Crippen molar-refractivity contribution in [2.75, 3.05) is 25.5 Å². The van der Waals surface area contributed by atoms with Crippen LogP contribution in [0.25, 0.3) is 0 Å². The lowest BCUT2D eigenvalue weighted by atomic mass is 10.1. The van der Waals surface area contributed by atoms with E-state index in [0.29, 0.717) is 42.3 Å². The quantitative estimate of drug-likeness (QED) is 0.791. The van der Waals surface area contributed by atoms with Crippen molar-refractivity contribution in [1.29, 1.82) is 0 Å². The van der Waals surface area contributed by atoms with Gasteiger partial charge in [-0.2, -0.15) is 4.31 Å². The zero-order valence-corrected chi connectivity index (χ0v) is 16.2. The normalized spacial score (nSPS) is 14.9. The second-order valence-corrected chi connectivity index (χ2v) is 8.44. The average molecular weight is 388 g/mol. The third-order valence-corrected chi connectivity index (χ3v) is 6.56. The number of aryl methyl sites for hydroxylation is 1. The SMILES string of the molecule is COc1ccccc1NC(=O)CCc1ccc(S(=O)(=O)N2CCCC2)cc1. The van der Waals surface area contributed by atoms with E-state index in [0.717, 1.165) is 18.4 Å². The van der Waals surface area contributed by atoms with Crippen molar-refractivity contribution in [3.8, 4) is 5.75 Å². The van der Waals surface area contributed by atoms with E-state index < -0.39 is 10.0 Å². The second kappa shape index (κ2) is 8.54. The number of ether oxygens (including phenoxy) is 1. The summed E-state index contributed by atoms with van der Waals surface area (Å²) in [5.74, 6) is 0.496. The van der Waals surface area contributed by atoms with E-state index >= 15 is 0 Å². The summed E-state index contributed by atoms with van der Waals surface area (Å²) in [5.41, 5.74) is 1.56. The van der Waals surface area contributed by atoms with Gasteiger partial charge >= 0.3 is 0 Å². The second-order valence-electron chi connectivity index (χ2n) is 6.50. The van der Waals surface area contributed by atoms with Crippen molar-refractivity contribution in [1.82, 2.24) is 4.31 Å². The van der Waals surface area contributed by atoms with Crippen LogP contribution in [-0.4, -0.2) is 38.8 Å². The van der Waals surface area contributed by atoms with Crippen molar-refractivity contribution in [3.63, 3.8) is 0 Å². The summed E-state index contributed by atoms with van der Waals surface area (Å²) >= 11 is 0. The van der Waals surface area contributed by atoms with Gasteiger partial charge in [0.25, 0.3) is 0 Å². The highest BCUT2D eigenvalue weighted by Crippen LogP contribution is 2.24. The summed E-state index contributed by atoms with van der Waals surface area (Å²) in [6.45, 7) is 1.18. The van der Waals surface area contributed by atoms with Gasteiger partial charge in [0, 0.05) is 19.5 Å². The molecule has 0 aromatic heterocycles. The van der Waals surface area contributed by atoms with Crippen LogP contribution in [0.4, 0.5) is 5.69 Å². The molecule has 0 unspecified atom stereocenters. The number of benzene rings is 2. The van der Waals surface area contributed by atoms with Crippen molar-refractivity contribution in [3.05, 3.63) is 54.1 Å². The number of sulfonamides is 1. The van der Waals surface area contributed by atoms with Crippen LogP contribution in [-0.2, 0) is 21.2 Å². The van der Waals surface area contributed by atoms with Crippen LogP contribution >= 0.6 is 0 Å². The Balaban J connectivity index is 1.58. The molecule has 3 rings (SSSR count). The maximum absolute atomic E-state index is 12.5. The predicted molar refractivity (Wildman–Crippen MR) is 104 cm³/mol. The highest BCUT2D eigenvalue weighted by molar-refractivity contribution is 7.89. The molecular weight excluding hydrogens is 364 g/mol. The number of nitrogens with zero attached hydrogens (tertiary/aromatic N) is 1. The van der Waals surface area contributed by atoms with Gasteiger partial charge in [0.05, 0.1) is 17.7 Å². The molecule has 0 spiro atoms. The zero-order valence-electron chi connectivity index (χ0n) is 15.3. The first-order chi connectivity index (χ1) is 13.0. The molecule has 0 saturated carbocycles. The number of carbonyl (C=O) groups is 1. The minimum atomic E-state index is -3.39. The molecule has 0 radical (unpaired) electrons. The number of rotatable bonds is 7. The van der Waals surface area contributed by atoms with Crippen LogP contribution in [0.15, 0.2) is 53.4 Å². The van der Waals surface area contributed by atoms with Crippen molar-refractivity contribution >= 4 is 21.6 Å². The van der Waals surface area contributed by atoms with Gasteiger partial charge < -0.3 is 10.1 Å². The Bertz CT molecular complexity index is 888. The van der Waals surface area contributed by atoms with E-state index in [-0.39, 0.29) is 5.91 Å². The Kier molecular flexibility index (Phi) is 6.13. The maximum Gasteiger partial charge on any atom is 0.243 e. The van der Waals surface area contributed by atoms with Crippen LogP contribution in [0, 0.1) is 0 Å². The summed E-state index contributed by atoms with van der Waals surface area (Å²) in [4.78, 5) is 12.5. The van der Waals surface area contributed by atoms with Crippen molar-refractivity contribution in [2.24, 2.45) is 0 Å². The average Bonchev–Trinajstić information content (AvgIpc) is 3.23. The molecule has 6 nitrogen and oxygen atoms in total. The number of hydrogen-bond donors (Lipinski definition) is 1. The predicted octanol–water partition coefficient (Wildman–Crippen LogP) is 3.05. The van der Waals surface area contributed by atoms with E-state index in [9.17, 15) is 13.2 Å². The standard InChI is InChI=1S/C20H24N2O4S/c1-26-19-7-3-2-6-18(19)21-20(23)13-10-16-8-11-17(12-9-16)27(24,25)22-14-4-5-15-22/h2-3,6-9,11-12H,4-5,10,13-15H2,1H3,(H,21,23). The fourth-order valence-corrected chi connectivity index (χ4v) is 4.64. The van der Waals surface area contributed by atoms with E-state index in [2.05, 4.69) is 5.32 Å². The Morgan fingerprint density at radius 1 is 1.07 bits per heavy atom. The molecule has 1 heterocycles. The largest absolute Gasteiger partial charge is 0.495 e.